The number of anilines is 1. The molecule has 1 aliphatic rings. The number of benzene rings is 1. The molecule has 2 amide bonds. The van der Waals surface area contributed by atoms with E-state index in [1.807, 2.05) is 11.7 Å². The zero-order chi connectivity index (χ0) is 18.0. The van der Waals surface area contributed by atoms with Crippen LogP contribution in [0.25, 0.3) is 0 Å². The molecule has 0 bridgehead atoms. The number of aromatic nitrogens is 2. The monoisotopic (exact) mass is 342 g/mol. The number of nitrogens with zero attached hydrogens (tertiary/aromatic N) is 2. The lowest BCUT2D eigenvalue weighted by Gasteiger charge is -2.24. The first-order chi connectivity index (χ1) is 12.0. The zero-order valence-electron chi connectivity index (χ0n) is 14.4. The molecule has 0 unspecified atom stereocenters. The van der Waals surface area contributed by atoms with Gasteiger partial charge in [-0.2, -0.15) is 5.10 Å². The normalized spacial score (nSPS) is 16.2. The number of phenols is 1. The first-order valence-electron chi connectivity index (χ1n) is 8.44. The van der Waals surface area contributed by atoms with Gasteiger partial charge in [-0.1, -0.05) is 6.92 Å². The number of carbonyl (C=O) groups excluding carboxylic acids is 2. The fourth-order valence-electron chi connectivity index (χ4n) is 3.14. The maximum absolute atomic E-state index is 12.6. The van der Waals surface area contributed by atoms with Gasteiger partial charge in [0, 0.05) is 30.4 Å². The molecular weight excluding hydrogens is 320 g/mol. The Morgan fingerprint density at radius 1 is 1.40 bits per heavy atom. The minimum Gasteiger partial charge on any atom is -0.507 e. The molecule has 1 aromatic carbocycles. The number of nitrogens with one attached hydrogen (secondary N) is 2. The number of hydrogen-bond donors (Lipinski definition) is 3. The number of rotatable bonds is 4. The van der Waals surface area contributed by atoms with E-state index in [1.54, 1.807) is 19.2 Å². The van der Waals surface area contributed by atoms with Crippen molar-refractivity contribution in [2.45, 2.75) is 38.6 Å². The van der Waals surface area contributed by atoms with Gasteiger partial charge in [-0.25, -0.2) is 0 Å². The Kier molecular flexibility index (Phi) is 4.74. The summed E-state index contributed by atoms with van der Waals surface area (Å²) < 4.78 is 1.84. The predicted octanol–water partition coefficient (Wildman–Crippen LogP) is 2.28. The van der Waals surface area contributed by atoms with Crippen LogP contribution in [0.15, 0.2) is 24.4 Å². The van der Waals surface area contributed by atoms with Crippen LogP contribution in [0.3, 0.4) is 0 Å². The number of fused-ring (bicyclic) bond motifs is 1. The van der Waals surface area contributed by atoms with E-state index in [-0.39, 0.29) is 29.2 Å². The third-order valence-electron chi connectivity index (χ3n) is 4.53. The summed E-state index contributed by atoms with van der Waals surface area (Å²) in [5.41, 5.74) is 2.78. The number of aryl methyl sites for hydroxylation is 1. The van der Waals surface area contributed by atoms with E-state index in [0.29, 0.717) is 12.1 Å². The summed E-state index contributed by atoms with van der Waals surface area (Å²) in [6, 6.07) is 4.35. The molecule has 7 heteroatoms. The van der Waals surface area contributed by atoms with Gasteiger partial charge in [-0.05, 0) is 37.5 Å². The number of amides is 2. The highest BCUT2D eigenvalue weighted by Crippen LogP contribution is 2.30. The molecule has 1 aliphatic carbocycles. The highest BCUT2D eigenvalue weighted by molar-refractivity contribution is 5.99. The summed E-state index contributed by atoms with van der Waals surface area (Å²) in [6.45, 7) is 1.75. The zero-order valence-corrected chi connectivity index (χ0v) is 14.4. The van der Waals surface area contributed by atoms with Gasteiger partial charge in [0.1, 0.15) is 5.75 Å². The van der Waals surface area contributed by atoms with E-state index in [2.05, 4.69) is 15.7 Å². The number of aromatic hydroxyl groups is 1. The molecule has 0 spiro atoms. The lowest BCUT2D eigenvalue weighted by molar-refractivity contribution is -0.115. The summed E-state index contributed by atoms with van der Waals surface area (Å²) in [5.74, 6) is -0.634. The summed E-state index contributed by atoms with van der Waals surface area (Å²) in [6.07, 6.45) is 4.88. The molecule has 0 aliphatic heterocycles. The average molecular weight is 342 g/mol. The van der Waals surface area contributed by atoms with Gasteiger partial charge in [-0.15, -0.1) is 0 Å². The van der Waals surface area contributed by atoms with E-state index >= 15 is 0 Å². The van der Waals surface area contributed by atoms with E-state index in [4.69, 9.17) is 0 Å². The predicted molar refractivity (Wildman–Crippen MR) is 93.4 cm³/mol. The smallest absolute Gasteiger partial charge is 0.255 e. The third kappa shape index (κ3) is 3.50. The number of phenolic OH excluding ortho intramolecular Hbond substituents is 1. The van der Waals surface area contributed by atoms with Crippen molar-refractivity contribution in [2.24, 2.45) is 7.05 Å². The van der Waals surface area contributed by atoms with Crippen LogP contribution in [-0.2, 0) is 18.3 Å². The molecule has 0 radical (unpaired) electrons. The number of carbonyl (C=O) groups is 2. The molecule has 0 fully saturated rings. The summed E-state index contributed by atoms with van der Waals surface area (Å²) >= 11 is 0. The molecular formula is C18H22N4O3. The van der Waals surface area contributed by atoms with Crippen molar-refractivity contribution in [3.63, 3.8) is 0 Å². The first kappa shape index (κ1) is 17.0. The molecule has 0 saturated heterocycles. The van der Waals surface area contributed by atoms with Crippen molar-refractivity contribution in [2.75, 3.05) is 5.32 Å². The van der Waals surface area contributed by atoms with Crippen LogP contribution in [0.1, 0.15) is 53.8 Å². The Morgan fingerprint density at radius 3 is 2.96 bits per heavy atom. The lowest BCUT2D eigenvalue weighted by Crippen LogP contribution is -2.31. The van der Waals surface area contributed by atoms with Gasteiger partial charge in [-0.3, -0.25) is 14.3 Å². The van der Waals surface area contributed by atoms with Crippen LogP contribution >= 0.6 is 0 Å². The van der Waals surface area contributed by atoms with Crippen molar-refractivity contribution >= 4 is 17.5 Å². The van der Waals surface area contributed by atoms with Crippen molar-refractivity contribution in [1.29, 1.82) is 0 Å². The largest absolute Gasteiger partial charge is 0.507 e. The second-order valence-electron chi connectivity index (χ2n) is 6.22. The Labute approximate surface area is 146 Å². The SMILES string of the molecule is CCC(=O)Nc1ccc(O)c(C(=O)N[C@H]2CCCc3c2cnn3C)c1. The van der Waals surface area contributed by atoms with E-state index in [9.17, 15) is 14.7 Å². The molecule has 7 nitrogen and oxygen atoms in total. The Balaban J connectivity index is 1.80. The first-order valence-corrected chi connectivity index (χ1v) is 8.44. The lowest BCUT2D eigenvalue weighted by atomic mass is 9.92. The quantitative estimate of drug-likeness (QED) is 0.743. The van der Waals surface area contributed by atoms with E-state index < -0.39 is 0 Å². The maximum Gasteiger partial charge on any atom is 0.255 e. The molecule has 132 valence electrons. The molecule has 0 saturated carbocycles. The summed E-state index contributed by atoms with van der Waals surface area (Å²) in [7, 11) is 1.90. The standard InChI is InChI=1S/C18H22N4O3/c1-3-17(24)20-11-7-8-16(23)12(9-11)18(25)21-14-5-4-6-15-13(14)10-19-22(15)2/h7-10,14,23H,3-6H2,1-2H3,(H,20,24)(H,21,25)/t14-/m0/s1. The highest BCUT2D eigenvalue weighted by atomic mass is 16.3. The third-order valence-corrected chi connectivity index (χ3v) is 4.53. The summed E-state index contributed by atoms with van der Waals surface area (Å²) in [4.78, 5) is 24.2. The van der Waals surface area contributed by atoms with E-state index in [1.165, 1.54) is 12.1 Å². The van der Waals surface area contributed by atoms with Crippen LogP contribution in [0.4, 0.5) is 5.69 Å². The Morgan fingerprint density at radius 2 is 2.20 bits per heavy atom. The molecule has 1 atom stereocenters. The number of hydrogen-bond acceptors (Lipinski definition) is 4. The molecule has 2 aromatic rings. The van der Waals surface area contributed by atoms with Gasteiger partial charge < -0.3 is 15.7 Å². The average Bonchev–Trinajstić information content (AvgIpc) is 2.99. The summed E-state index contributed by atoms with van der Waals surface area (Å²) in [5, 5.41) is 20.0. The van der Waals surface area contributed by atoms with Gasteiger partial charge in [0.25, 0.3) is 5.91 Å². The minimum atomic E-state index is -0.369. The van der Waals surface area contributed by atoms with Crippen LogP contribution in [0.5, 0.6) is 5.75 Å². The van der Waals surface area contributed by atoms with Crippen LogP contribution < -0.4 is 10.6 Å². The van der Waals surface area contributed by atoms with Crippen LogP contribution in [0.2, 0.25) is 0 Å². The maximum atomic E-state index is 12.6. The Bertz CT molecular complexity index is 813. The fourth-order valence-corrected chi connectivity index (χ4v) is 3.14. The molecule has 25 heavy (non-hydrogen) atoms. The molecule has 3 N–H and O–H groups in total. The van der Waals surface area contributed by atoms with Gasteiger partial charge >= 0.3 is 0 Å². The van der Waals surface area contributed by atoms with Gasteiger partial charge in [0.05, 0.1) is 17.8 Å². The fraction of sp³-hybridized carbons (Fsp3) is 0.389. The molecule has 1 heterocycles. The Hall–Kier alpha value is -2.83. The van der Waals surface area contributed by atoms with Crippen molar-refractivity contribution in [3.8, 4) is 5.75 Å². The molecule has 3 rings (SSSR count). The highest BCUT2D eigenvalue weighted by Gasteiger charge is 2.26. The van der Waals surface area contributed by atoms with Crippen molar-refractivity contribution in [1.82, 2.24) is 15.1 Å². The van der Waals surface area contributed by atoms with Crippen LogP contribution in [-0.4, -0.2) is 26.7 Å². The minimum absolute atomic E-state index is 0.116. The molecule has 1 aromatic heterocycles. The van der Waals surface area contributed by atoms with Crippen LogP contribution in [0, 0.1) is 0 Å². The van der Waals surface area contributed by atoms with E-state index in [0.717, 1.165) is 30.5 Å². The second kappa shape index (κ2) is 6.96. The van der Waals surface area contributed by atoms with Gasteiger partial charge in [0.2, 0.25) is 5.91 Å². The van der Waals surface area contributed by atoms with Crippen molar-refractivity contribution < 1.29 is 14.7 Å². The second-order valence-corrected chi connectivity index (χ2v) is 6.22. The van der Waals surface area contributed by atoms with Gasteiger partial charge in [0.15, 0.2) is 0 Å². The van der Waals surface area contributed by atoms with Crippen molar-refractivity contribution in [3.05, 3.63) is 41.2 Å². The topological polar surface area (TPSA) is 96.2 Å².